The Labute approximate surface area is 135 Å². The van der Waals surface area contributed by atoms with Gasteiger partial charge < -0.3 is 10.7 Å². The van der Waals surface area contributed by atoms with Gasteiger partial charge in [0.2, 0.25) is 5.95 Å². The topological polar surface area (TPSA) is 104 Å². The highest BCUT2D eigenvalue weighted by atomic mass is 32.2. The minimum absolute atomic E-state index is 0.176. The predicted molar refractivity (Wildman–Crippen MR) is 88.6 cm³/mol. The molecule has 1 aromatic carbocycles. The average molecular weight is 328 g/mol. The van der Waals surface area contributed by atoms with Crippen molar-refractivity contribution in [2.75, 3.05) is 12.0 Å². The van der Waals surface area contributed by atoms with Crippen molar-refractivity contribution in [1.82, 2.24) is 19.9 Å². The number of hydrogen-bond acceptors (Lipinski definition) is 7. The maximum atomic E-state index is 9.31. The molecule has 0 amide bonds. The van der Waals surface area contributed by atoms with Crippen LogP contribution in [0, 0.1) is 11.3 Å². The summed E-state index contributed by atoms with van der Waals surface area (Å²) in [6.07, 6.45) is 1.86. The van der Waals surface area contributed by atoms with Crippen molar-refractivity contribution >= 4 is 40.5 Å². The number of H-pyrrole nitrogens is 1. The fourth-order valence-corrected chi connectivity index (χ4v) is 3.45. The monoisotopic (exact) mass is 328 g/mol. The van der Waals surface area contributed by atoms with Gasteiger partial charge in [0.25, 0.3) is 0 Å². The van der Waals surface area contributed by atoms with Gasteiger partial charge in [0, 0.05) is 0 Å². The zero-order valence-electron chi connectivity index (χ0n) is 11.7. The van der Waals surface area contributed by atoms with E-state index in [4.69, 9.17) is 5.73 Å². The average Bonchev–Trinajstić information content (AvgIpc) is 2.95. The number of thioether (sulfide) groups is 2. The second-order valence-corrected chi connectivity index (χ2v) is 6.13. The molecule has 0 bridgehead atoms. The molecule has 8 heteroatoms. The van der Waals surface area contributed by atoms with Gasteiger partial charge in [-0.2, -0.15) is 5.26 Å². The van der Waals surface area contributed by atoms with Gasteiger partial charge in [0.1, 0.15) is 27.5 Å². The normalized spacial score (nSPS) is 10.7. The maximum Gasteiger partial charge on any atom is 0.222 e. The lowest BCUT2D eigenvalue weighted by atomic mass is 10.3. The van der Waals surface area contributed by atoms with E-state index in [2.05, 4.69) is 26.0 Å². The summed E-state index contributed by atoms with van der Waals surface area (Å²) >= 11 is 2.81. The number of nitrogen functional groups attached to an aromatic ring is 1. The molecule has 0 saturated carbocycles. The summed E-state index contributed by atoms with van der Waals surface area (Å²) in [5, 5.41) is 10.5. The highest BCUT2D eigenvalue weighted by Crippen LogP contribution is 2.29. The first-order valence-electron chi connectivity index (χ1n) is 6.39. The van der Waals surface area contributed by atoms with Crippen molar-refractivity contribution in [3.05, 3.63) is 35.7 Å². The van der Waals surface area contributed by atoms with E-state index in [9.17, 15) is 5.26 Å². The standard InChI is InChI=1S/C14H12N6S2/c1-21-12-8(6-15)13(20-14(16)19-12)22-7-11-17-9-4-2-3-5-10(9)18-11/h2-5H,7H2,1H3,(H,17,18)(H2,16,19,20). The molecular formula is C14H12N6S2. The second kappa shape index (κ2) is 6.25. The molecular weight excluding hydrogens is 316 g/mol. The SMILES string of the molecule is CSc1nc(N)nc(SCc2nc3ccccc3[nH]2)c1C#N. The Morgan fingerprint density at radius 3 is 2.73 bits per heavy atom. The highest BCUT2D eigenvalue weighted by Gasteiger charge is 2.14. The summed E-state index contributed by atoms with van der Waals surface area (Å²) in [5.41, 5.74) is 8.08. The molecule has 2 heterocycles. The molecule has 2 aromatic heterocycles. The van der Waals surface area contributed by atoms with E-state index in [-0.39, 0.29) is 5.95 Å². The third kappa shape index (κ3) is 2.86. The Morgan fingerprint density at radius 2 is 2.00 bits per heavy atom. The quantitative estimate of drug-likeness (QED) is 0.560. The lowest BCUT2D eigenvalue weighted by molar-refractivity contribution is 0.959. The lowest BCUT2D eigenvalue weighted by Crippen LogP contribution is -2.01. The first-order chi connectivity index (χ1) is 10.7. The number of anilines is 1. The number of imidazole rings is 1. The molecule has 110 valence electrons. The Balaban J connectivity index is 1.87. The summed E-state index contributed by atoms with van der Waals surface area (Å²) in [6.45, 7) is 0. The largest absolute Gasteiger partial charge is 0.368 e. The van der Waals surface area contributed by atoms with Crippen LogP contribution in [0.25, 0.3) is 11.0 Å². The third-order valence-corrected chi connectivity index (χ3v) is 4.62. The molecule has 0 spiro atoms. The number of nitrogens with two attached hydrogens (primary N) is 1. The molecule has 0 unspecified atom stereocenters. The van der Waals surface area contributed by atoms with Gasteiger partial charge in [-0.25, -0.2) is 15.0 Å². The fraction of sp³-hybridized carbons (Fsp3) is 0.143. The van der Waals surface area contributed by atoms with Crippen LogP contribution in [0.2, 0.25) is 0 Å². The predicted octanol–water partition coefficient (Wildman–Crippen LogP) is 2.82. The summed E-state index contributed by atoms with van der Waals surface area (Å²) in [5.74, 6) is 1.58. The van der Waals surface area contributed by atoms with Gasteiger partial charge in [-0.15, -0.1) is 11.8 Å². The minimum atomic E-state index is 0.176. The number of hydrogen-bond donors (Lipinski definition) is 2. The van der Waals surface area contributed by atoms with Crippen LogP contribution in [0.4, 0.5) is 5.95 Å². The first kappa shape index (κ1) is 14.7. The molecule has 0 fully saturated rings. The fourth-order valence-electron chi connectivity index (χ4n) is 1.99. The molecule has 6 nitrogen and oxygen atoms in total. The van der Waals surface area contributed by atoms with Gasteiger partial charge in [-0.1, -0.05) is 23.9 Å². The van der Waals surface area contributed by atoms with Gasteiger partial charge in [-0.3, -0.25) is 0 Å². The molecule has 0 saturated heterocycles. The number of aromatic nitrogens is 4. The number of nitrogens with one attached hydrogen (secondary N) is 1. The lowest BCUT2D eigenvalue weighted by Gasteiger charge is -2.06. The van der Waals surface area contributed by atoms with Crippen molar-refractivity contribution < 1.29 is 0 Å². The number of rotatable bonds is 4. The van der Waals surface area contributed by atoms with Crippen molar-refractivity contribution in [1.29, 1.82) is 5.26 Å². The number of nitriles is 1. The van der Waals surface area contributed by atoms with Crippen LogP contribution in [0.1, 0.15) is 11.4 Å². The molecule has 22 heavy (non-hydrogen) atoms. The molecule has 0 aliphatic rings. The zero-order valence-corrected chi connectivity index (χ0v) is 13.3. The Bertz CT molecular complexity index is 834. The van der Waals surface area contributed by atoms with E-state index >= 15 is 0 Å². The third-order valence-electron chi connectivity index (χ3n) is 2.95. The molecule has 0 aliphatic heterocycles. The summed E-state index contributed by atoms with van der Waals surface area (Å²) < 4.78 is 0. The molecule has 0 aliphatic carbocycles. The number of nitrogens with zero attached hydrogens (tertiary/aromatic N) is 4. The smallest absolute Gasteiger partial charge is 0.222 e. The second-order valence-electron chi connectivity index (χ2n) is 4.37. The number of fused-ring (bicyclic) bond motifs is 1. The van der Waals surface area contributed by atoms with Crippen LogP contribution in [0.15, 0.2) is 34.3 Å². The Kier molecular flexibility index (Phi) is 4.18. The van der Waals surface area contributed by atoms with Gasteiger partial charge in [-0.05, 0) is 18.4 Å². The van der Waals surface area contributed by atoms with Crippen LogP contribution in [-0.2, 0) is 5.75 Å². The van der Waals surface area contributed by atoms with Crippen molar-refractivity contribution in [3.63, 3.8) is 0 Å². The van der Waals surface area contributed by atoms with Gasteiger partial charge in [0.05, 0.1) is 16.8 Å². The van der Waals surface area contributed by atoms with E-state index in [0.717, 1.165) is 16.9 Å². The Morgan fingerprint density at radius 1 is 1.23 bits per heavy atom. The van der Waals surface area contributed by atoms with Crippen LogP contribution in [-0.4, -0.2) is 26.2 Å². The number of aromatic amines is 1. The van der Waals surface area contributed by atoms with E-state index < -0.39 is 0 Å². The van der Waals surface area contributed by atoms with Gasteiger partial charge in [0.15, 0.2) is 0 Å². The summed E-state index contributed by atoms with van der Waals surface area (Å²) in [6, 6.07) is 9.99. The zero-order chi connectivity index (χ0) is 15.5. The minimum Gasteiger partial charge on any atom is -0.368 e. The number of benzene rings is 1. The van der Waals surface area contributed by atoms with Crippen molar-refractivity contribution in [2.45, 2.75) is 15.8 Å². The summed E-state index contributed by atoms with van der Waals surface area (Å²) in [4.78, 5) is 16.0. The van der Waals surface area contributed by atoms with Gasteiger partial charge >= 0.3 is 0 Å². The number of para-hydroxylation sites is 2. The first-order valence-corrected chi connectivity index (χ1v) is 8.60. The highest BCUT2D eigenvalue weighted by molar-refractivity contribution is 7.99. The molecule has 3 rings (SSSR count). The van der Waals surface area contributed by atoms with Crippen LogP contribution in [0.5, 0.6) is 0 Å². The summed E-state index contributed by atoms with van der Waals surface area (Å²) in [7, 11) is 0. The van der Waals surface area contributed by atoms with Crippen LogP contribution >= 0.6 is 23.5 Å². The van der Waals surface area contributed by atoms with Crippen molar-refractivity contribution in [3.8, 4) is 6.07 Å². The van der Waals surface area contributed by atoms with Crippen molar-refractivity contribution in [2.24, 2.45) is 0 Å². The molecule has 3 N–H and O–H groups in total. The molecule has 0 atom stereocenters. The Hall–Kier alpha value is -2.24. The maximum absolute atomic E-state index is 9.31. The molecule has 0 radical (unpaired) electrons. The van der Waals surface area contributed by atoms with E-state index in [0.29, 0.717) is 21.4 Å². The van der Waals surface area contributed by atoms with E-state index in [1.807, 2.05) is 30.5 Å². The molecule has 3 aromatic rings. The van der Waals surface area contributed by atoms with Crippen LogP contribution in [0.3, 0.4) is 0 Å². The van der Waals surface area contributed by atoms with E-state index in [1.54, 1.807) is 0 Å². The van der Waals surface area contributed by atoms with Crippen LogP contribution < -0.4 is 5.73 Å². The van der Waals surface area contributed by atoms with E-state index in [1.165, 1.54) is 23.5 Å².